The van der Waals surface area contributed by atoms with Crippen LogP contribution in [0.2, 0.25) is 0 Å². The average molecular weight is 638 g/mol. The van der Waals surface area contributed by atoms with Crippen molar-refractivity contribution < 1.29 is 48.5 Å². The molecule has 0 aliphatic heterocycles. The summed E-state index contributed by atoms with van der Waals surface area (Å²) in [5, 5.41) is 26.9. The molecule has 0 spiro atoms. The van der Waals surface area contributed by atoms with Gasteiger partial charge in [-0.05, 0) is 78.9 Å². The Morgan fingerprint density at radius 3 is 1.74 bits per heavy atom. The number of carboxylic acids is 2. The molecular weight excluding hydrogens is 598 g/mol. The molecule has 0 aliphatic rings. The number of nitrogens with one attached hydrogen (secondary N) is 3. The lowest BCUT2D eigenvalue weighted by atomic mass is 9.98. The standard InChI is InChI=1S/C33H39N3O10/c1-22(37)45-28-11-7-25(19-29(28)46-23(2)38)9-13-30(39)35-16-4-3-14-34-15-5-17-36-31(40)12-8-24-6-10-26(20-32(41)42)27(18-24)21-33(43)44/h6-13,18-19,34H,3-5,14-17,20-21H2,1-2H3,(H,35,39)(H,36,40)(H,41,42)(H,43,44)/b12-8+,13-9+. The van der Waals surface area contributed by atoms with Crippen LogP contribution in [0.15, 0.2) is 48.6 Å². The van der Waals surface area contributed by atoms with E-state index in [1.165, 1.54) is 38.1 Å². The van der Waals surface area contributed by atoms with Gasteiger partial charge >= 0.3 is 23.9 Å². The monoisotopic (exact) mass is 637 g/mol. The highest BCUT2D eigenvalue weighted by Gasteiger charge is 2.12. The van der Waals surface area contributed by atoms with Gasteiger partial charge < -0.3 is 35.6 Å². The minimum atomic E-state index is -1.07. The van der Waals surface area contributed by atoms with Crippen molar-refractivity contribution in [3.63, 3.8) is 0 Å². The largest absolute Gasteiger partial charge is 0.481 e. The maximum atomic E-state index is 12.1. The molecular formula is C33H39N3O10. The Morgan fingerprint density at radius 1 is 0.630 bits per heavy atom. The van der Waals surface area contributed by atoms with Crippen LogP contribution < -0.4 is 25.4 Å². The van der Waals surface area contributed by atoms with Crippen LogP contribution in [-0.2, 0) is 41.6 Å². The number of esters is 2. The third-order valence-corrected chi connectivity index (χ3v) is 6.15. The zero-order valence-electron chi connectivity index (χ0n) is 25.8. The average Bonchev–Trinajstić information content (AvgIpc) is 2.97. The van der Waals surface area contributed by atoms with E-state index in [9.17, 15) is 28.8 Å². The van der Waals surface area contributed by atoms with Crippen molar-refractivity contribution in [3.8, 4) is 11.5 Å². The van der Waals surface area contributed by atoms with Gasteiger partial charge in [-0.2, -0.15) is 0 Å². The van der Waals surface area contributed by atoms with Crippen LogP contribution in [0.5, 0.6) is 11.5 Å². The van der Waals surface area contributed by atoms with Crippen molar-refractivity contribution >= 4 is 47.8 Å². The highest BCUT2D eigenvalue weighted by molar-refractivity contribution is 5.92. The molecule has 246 valence electrons. The molecule has 0 atom stereocenters. The molecule has 2 aromatic rings. The number of carboxylic acid groups (broad SMARTS) is 2. The third-order valence-electron chi connectivity index (χ3n) is 6.15. The predicted octanol–water partition coefficient (Wildman–Crippen LogP) is 2.51. The normalized spacial score (nSPS) is 10.9. The second-order valence-electron chi connectivity index (χ2n) is 10.1. The summed E-state index contributed by atoms with van der Waals surface area (Å²) in [6.45, 7) is 4.83. The Balaban J connectivity index is 1.61. The predicted molar refractivity (Wildman–Crippen MR) is 169 cm³/mol. The maximum absolute atomic E-state index is 12.1. The zero-order valence-corrected chi connectivity index (χ0v) is 25.8. The van der Waals surface area contributed by atoms with Gasteiger partial charge in [-0.25, -0.2) is 0 Å². The van der Waals surface area contributed by atoms with Gasteiger partial charge in [-0.3, -0.25) is 28.8 Å². The Kier molecular flexibility index (Phi) is 15.9. The van der Waals surface area contributed by atoms with Gasteiger partial charge in [-0.1, -0.05) is 24.3 Å². The van der Waals surface area contributed by atoms with Gasteiger partial charge in [0.05, 0.1) is 12.8 Å². The highest BCUT2D eigenvalue weighted by atomic mass is 16.6. The molecule has 2 aromatic carbocycles. The lowest BCUT2D eigenvalue weighted by Crippen LogP contribution is -2.27. The van der Waals surface area contributed by atoms with Crippen molar-refractivity contribution in [1.82, 2.24) is 16.0 Å². The molecule has 13 heteroatoms. The number of hydrogen-bond donors (Lipinski definition) is 5. The molecule has 0 fully saturated rings. The molecule has 0 unspecified atom stereocenters. The van der Waals surface area contributed by atoms with E-state index in [2.05, 4.69) is 16.0 Å². The van der Waals surface area contributed by atoms with Gasteiger partial charge in [0.1, 0.15) is 0 Å². The SMILES string of the molecule is CC(=O)Oc1ccc(/C=C/C(=O)NCCCCNCCCNC(=O)/C=C/c2ccc(CC(=O)O)c(CC(=O)O)c2)cc1OC(C)=O. The van der Waals surface area contributed by atoms with E-state index >= 15 is 0 Å². The van der Waals surface area contributed by atoms with Gasteiger partial charge in [-0.15, -0.1) is 0 Å². The van der Waals surface area contributed by atoms with E-state index in [-0.39, 0.29) is 36.2 Å². The van der Waals surface area contributed by atoms with Crippen LogP contribution in [0.25, 0.3) is 12.2 Å². The second kappa shape index (κ2) is 19.9. The topological polar surface area (TPSA) is 197 Å². The smallest absolute Gasteiger partial charge is 0.308 e. The molecule has 0 saturated carbocycles. The minimum absolute atomic E-state index is 0.0740. The van der Waals surface area contributed by atoms with Gasteiger partial charge in [0, 0.05) is 39.1 Å². The molecule has 2 rings (SSSR count). The van der Waals surface area contributed by atoms with Crippen LogP contribution in [0, 0.1) is 0 Å². The summed E-state index contributed by atoms with van der Waals surface area (Å²) in [5.74, 6) is -3.67. The van der Waals surface area contributed by atoms with Gasteiger partial charge in [0.15, 0.2) is 11.5 Å². The summed E-state index contributed by atoms with van der Waals surface area (Å²) in [6, 6.07) is 9.35. The maximum Gasteiger partial charge on any atom is 0.308 e. The molecule has 2 amide bonds. The van der Waals surface area contributed by atoms with Crippen molar-refractivity contribution in [2.45, 2.75) is 46.0 Å². The number of ether oxygens (including phenoxy) is 2. The first-order chi connectivity index (χ1) is 21.9. The number of aliphatic carboxylic acids is 2. The van der Waals surface area contributed by atoms with E-state index in [0.717, 1.165) is 19.4 Å². The first-order valence-corrected chi connectivity index (χ1v) is 14.6. The summed E-state index contributed by atoms with van der Waals surface area (Å²) < 4.78 is 10.1. The molecule has 0 aliphatic carbocycles. The fraction of sp³-hybridized carbons (Fsp3) is 0.333. The fourth-order valence-electron chi connectivity index (χ4n) is 4.11. The van der Waals surface area contributed by atoms with Crippen molar-refractivity contribution in [3.05, 3.63) is 70.8 Å². The third kappa shape index (κ3) is 15.4. The van der Waals surface area contributed by atoms with Crippen LogP contribution in [-0.4, -0.2) is 72.1 Å². The van der Waals surface area contributed by atoms with Crippen LogP contribution in [0.3, 0.4) is 0 Å². The summed E-state index contributed by atoms with van der Waals surface area (Å²) in [5.41, 5.74) is 1.98. The summed E-state index contributed by atoms with van der Waals surface area (Å²) in [4.78, 5) is 69.0. The molecule has 13 nitrogen and oxygen atoms in total. The van der Waals surface area contributed by atoms with Crippen LogP contribution in [0.1, 0.15) is 55.4 Å². The number of carbonyl (C=O) groups is 6. The minimum Gasteiger partial charge on any atom is -0.481 e. The number of rotatable bonds is 19. The number of benzene rings is 2. The molecule has 0 aromatic heterocycles. The first kappa shape index (κ1) is 36.9. The summed E-state index contributed by atoms with van der Waals surface area (Å²) >= 11 is 0. The fourth-order valence-corrected chi connectivity index (χ4v) is 4.11. The van der Waals surface area contributed by atoms with Gasteiger partial charge in [0.25, 0.3) is 0 Å². The summed E-state index contributed by atoms with van der Waals surface area (Å²) in [7, 11) is 0. The van der Waals surface area contributed by atoms with Crippen LogP contribution in [0.4, 0.5) is 0 Å². The van der Waals surface area contributed by atoms with E-state index in [4.69, 9.17) is 19.7 Å². The molecule has 46 heavy (non-hydrogen) atoms. The van der Waals surface area contributed by atoms with Crippen LogP contribution >= 0.6 is 0 Å². The Bertz CT molecular complexity index is 1360. The zero-order chi connectivity index (χ0) is 33.9. The molecule has 5 N–H and O–H groups in total. The van der Waals surface area contributed by atoms with E-state index < -0.39 is 23.9 Å². The highest BCUT2D eigenvalue weighted by Crippen LogP contribution is 2.29. The van der Waals surface area contributed by atoms with Crippen molar-refractivity contribution in [1.29, 1.82) is 0 Å². The van der Waals surface area contributed by atoms with Gasteiger partial charge in [0.2, 0.25) is 11.8 Å². The Labute approximate surface area is 266 Å². The summed E-state index contributed by atoms with van der Waals surface area (Å²) in [6.07, 6.45) is 7.49. The van der Waals surface area contributed by atoms with E-state index in [1.54, 1.807) is 36.4 Å². The number of unbranched alkanes of at least 4 members (excludes halogenated alkanes) is 1. The van der Waals surface area contributed by atoms with E-state index in [1.807, 2.05) is 0 Å². The van der Waals surface area contributed by atoms with Crippen molar-refractivity contribution in [2.75, 3.05) is 26.2 Å². The Morgan fingerprint density at radius 2 is 1.13 bits per heavy atom. The number of hydrogen-bond acceptors (Lipinski definition) is 9. The first-order valence-electron chi connectivity index (χ1n) is 14.6. The Hall–Kier alpha value is -5.30. The lowest BCUT2D eigenvalue weighted by Gasteiger charge is -2.09. The quantitative estimate of drug-likeness (QED) is 0.0657. The molecule has 0 radical (unpaired) electrons. The van der Waals surface area contributed by atoms with E-state index in [0.29, 0.717) is 48.3 Å². The lowest BCUT2D eigenvalue weighted by molar-refractivity contribution is -0.137. The molecule has 0 bridgehead atoms. The molecule has 0 heterocycles. The van der Waals surface area contributed by atoms with Crippen molar-refractivity contribution in [2.24, 2.45) is 0 Å². The molecule has 0 saturated heterocycles. The number of amides is 2. The second-order valence-corrected chi connectivity index (χ2v) is 10.1. The number of carbonyl (C=O) groups excluding carboxylic acids is 4.